The molecule has 1 aromatic rings. The quantitative estimate of drug-likeness (QED) is 0.351. The number of anilines is 1. The summed E-state index contributed by atoms with van der Waals surface area (Å²) in [5.74, 6) is 0.167. The van der Waals surface area contributed by atoms with E-state index in [9.17, 15) is 0 Å². The first kappa shape index (κ1) is 21.1. The van der Waals surface area contributed by atoms with E-state index in [1.165, 1.54) is 0 Å². The summed E-state index contributed by atoms with van der Waals surface area (Å²) in [6, 6.07) is 10.3. The molecule has 5 nitrogen and oxygen atoms in total. The first-order chi connectivity index (χ1) is 11.5. The predicted octanol–water partition coefficient (Wildman–Crippen LogP) is 3.80. The van der Waals surface area contributed by atoms with Crippen LogP contribution in [0.4, 0.5) is 5.69 Å². The molecule has 0 aromatic heterocycles. The lowest BCUT2D eigenvalue weighted by molar-refractivity contribution is -0.203. The Bertz CT molecular complexity index is 450. The minimum atomic E-state index is -2.62. The lowest BCUT2D eigenvalue weighted by atomic mass is 10.0. The smallest absolute Gasteiger partial charge is 0.395 e. The molecule has 0 saturated heterocycles. The maximum absolute atomic E-state index is 5.80. The molecule has 24 heavy (non-hydrogen) atoms. The van der Waals surface area contributed by atoms with E-state index >= 15 is 0 Å². The standard InChI is InChI=1S/C18H33NO4Si/c1-16(18(20-2,21-3)24(6,22-4)23-5)12-10-11-15-19-17-13-8-7-9-14-17/h7-9,13-14,16,19H,10-12,15H2,1-6H3. The first-order valence-corrected chi connectivity index (χ1v) is 10.8. The lowest BCUT2D eigenvalue weighted by Gasteiger charge is -2.45. The summed E-state index contributed by atoms with van der Waals surface area (Å²) in [6.45, 7) is 5.07. The maximum atomic E-state index is 5.80. The highest BCUT2D eigenvalue weighted by atomic mass is 28.4. The van der Waals surface area contributed by atoms with Gasteiger partial charge < -0.3 is 23.6 Å². The molecule has 0 saturated carbocycles. The summed E-state index contributed by atoms with van der Waals surface area (Å²) in [4.78, 5) is 0. The summed E-state index contributed by atoms with van der Waals surface area (Å²) in [5, 5.41) is 3.43. The molecule has 6 heteroatoms. The Labute approximate surface area is 147 Å². The highest BCUT2D eigenvalue weighted by Gasteiger charge is 2.58. The number of hydrogen-bond donors (Lipinski definition) is 1. The van der Waals surface area contributed by atoms with Crippen LogP contribution in [0.2, 0.25) is 6.55 Å². The van der Waals surface area contributed by atoms with Gasteiger partial charge in [0.05, 0.1) is 0 Å². The topological polar surface area (TPSA) is 49.0 Å². The van der Waals surface area contributed by atoms with Crippen LogP contribution in [0.3, 0.4) is 0 Å². The Hall–Kier alpha value is -0.923. The molecule has 138 valence electrons. The Morgan fingerprint density at radius 1 is 1.00 bits per heavy atom. The Morgan fingerprint density at radius 3 is 2.08 bits per heavy atom. The number of methoxy groups -OCH3 is 2. The van der Waals surface area contributed by atoms with Crippen molar-refractivity contribution in [3.05, 3.63) is 30.3 Å². The average molecular weight is 356 g/mol. The number of benzene rings is 1. The third-order valence-electron chi connectivity index (χ3n) is 4.83. The third-order valence-corrected chi connectivity index (χ3v) is 8.56. The van der Waals surface area contributed by atoms with Gasteiger partial charge in [-0.2, -0.15) is 0 Å². The fourth-order valence-electron chi connectivity index (χ4n) is 3.23. The van der Waals surface area contributed by atoms with E-state index < -0.39 is 14.0 Å². The second-order valence-corrected chi connectivity index (χ2v) is 9.52. The van der Waals surface area contributed by atoms with Crippen LogP contribution >= 0.6 is 0 Å². The van der Waals surface area contributed by atoms with Crippen molar-refractivity contribution in [2.24, 2.45) is 5.92 Å². The fourth-order valence-corrected chi connectivity index (χ4v) is 5.74. The van der Waals surface area contributed by atoms with Crippen LogP contribution in [0.5, 0.6) is 0 Å². The van der Waals surface area contributed by atoms with Gasteiger partial charge in [0.25, 0.3) is 0 Å². The second kappa shape index (κ2) is 10.2. The molecule has 0 radical (unpaired) electrons. The Balaban J connectivity index is 2.52. The number of nitrogens with one attached hydrogen (secondary N) is 1. The van der Waals surface area contributed by atoms with Crippen LogP contribution in [-0.2, 0) is 18.3 Å². The largest absolute Gasteiger partial charge is 0.396 e. The van der Waals surface area contributed by atoms with Gasteiger partial charge in [-0.25, -0.2) is 0 Å². The van der Waals surface area contributed by atoms with Gasteiger partial charge in [-0.3, -0.25) is 0 Å². The van der Waals surface area contributed by atoms with Gasteiger partial charge in [0.2, 0.25) is 5.41 Å². The van der Waals surface area contributed by atoms with E-state index in [1.54, 1.807) is 28.4 Å². The van der Waals surface area contributed by atoms with Gasteiger partial charge >= 0.3 is 8.56 Å². The van der Waals surface area contributed by atoms with Crippen molar-refractivity contribution in [2.45, 2.75) is 38.1 Å². The van der Waals surface area contributed by atoms with Gasteiger partial charge in [0.1, 0.15) is 0 Å². The van der Waals surface area contributed by atoms with E-state index in [1.807, 2.05) is 24.7 Å². The summed E-state index contributed by atoms with van der Waals surface area (Å²) < 4.78 is 23.0. The molecule has 0 spiro atoms. The third kappa shape index (κ3) is 4.80. The van der Waals surface area contributed by atoms with Crippen molar-refractivity contribution < 1.29 is 18.3 Å². The minimum absolute atomic E-state index is 0.167. The van der Waals surface area contributed by atoms with Crippen LogP contribution in [-0.4, -0.2) is 49.0 Å². The van der Waals surface area contributed by atoms with E-state index in [-0.39, 0.29) is 5.92 Å². The Morgan fingerprint density at radius 2 is 1.58 bits per heavy atom. The molecule has 0 aliphatic rings. The number of hydrogen-bond acceptors (Lipinski definition) is 5. The molecule has 1 rings (SSSR count). The van der Waals surface area contributed by atoms with Crippen molar-refractivity contribution in [3.8, 4) is 0 Å². The van der Waals surface area contributed by atoms with Gasteiger partial charge in [-0.15, -0.1) is 0 Å². The molecule has 1 atom stereocenters. The van der Waals surface area contributed by atoms with Crippen LogP contribution in [0.15, 0.2) is 30.3 Å². The average Bonchev–Trinajstić information content (AvgIpc) is 2.63. The van der Waals surface area contributed by atoms with Gasteiger partial charge in [-0.05, 0) is 31.5 Å². The summed E-state index contributed by atoms with van der Waals surface area (Å²) in [5.41, 5.74) is 0.344. The fraction of sp³-hybridized carbons (Fsp3) is 0.667. The number of unbranched alkanes of at least 4 members (excludes halogenated alkanes) is 1. The lowest BCUT2D eigenvalue weighted by Crippen LogP contribution is -2.65. The van der Waals surface area contributed by atoms with E-state index in [2.05, 4.69) is 24.4 Å². The zero-order valence-corrected chi connectivity index (χ0v) is 16.9. The van der Waals surface area contributed by atoms with Crippen LogP contribution in [0, 0.1) is 5.92 Å². The van der Waals surface area contributed by atoms with Crippen molar-refractivity contribution in [1.29, 1.82) is 0 Å². The molecule has 1 unspecified atom stereocenters. The number of rotatable bonds is 12. The maximum Gasteiger partial charge on any atom is 0.396 e. The molecular formula is C18H33NO4Si. The highest BCUT2D eigenvalue weighted by molar-refractivity contribution is 6.68. The predicted molar refractivity (Wildman–Crippen MR) is 100 cm³/mol. The molecule has 1 N–H and O–H groups in total. The van der Waals surface area contributed by atoms with E-state index in [0.29, 0.717) is 0 Å². The molecule has 1 aromatic carbocycles. The molecule has 0 aliphatic heterocycles. The van der Waals surface area contributed by atoms with Gasteiger partial charge in [0, 0.05) is 46.6 Å². The molecular weight excluding hydrogens is 322 g/mol. The summed E-state index contributed by atoms with van der Waals surface area (Å²) in [7, 11) is 4.04. The van der Waals surface area contributed by atoms with E-state index in [0.717, 1.165) is 31.5 Å². The molecule has 0 amide bonds. The normalized spacial score (nSPS) is 13.8. The number of ether oxygens (including phenoxy) is 2. The van der Waals surface area contributed by atoms with Crippen LogP contribution in [0.25, 0.3) is 0 Å². The zero-order valence-electron chi connectivity index (χ0n) is 15.9. The van der Waals surface area contributed by atoms with Gasteiger partial charge in [0.15, 0.2) is 0 Å². The monoisotopic (exact) mass is 355 g/mol. The molecule has 0 bridgehead atoms. The summed E-state index contributed by atoms with van der Waals surface area (Å²) in [6.07, 6.45) is 3.14. The van der Waals surface area contributed by atoms with Crippen molar-refractivity contribution in [1.82, 2.24) is 0 Å². The molecule has 0 aliphatic carbocycles. The molecule has 0 fully saturated rings. The molecule has 0 heterocycles. The second-order valence-electron chi connectivity index (χ2n) is 6.12. The zero-order chi connectivity index (χ0) is 18.1. The highest BCUT2D eigenvalue weighted by Crippen LogP contribution is 2.36. The van der Waals surface area contributed by atoms with Gasteiger partial charge in [-0.1, -0.05) is 31.5 Å². The van der Waals surface area contributed by atoms with Crippen molar-refractivity contribution >= 4 is 14.2 Å². The Kier molecular flexibility index (Phi) is 8.94. The van der Waals surface area contributed by atoms with Crippen LogP contribution < -0.4 is 5.32 Å². The van der Waals surface area contributed by atoms with Crippen LogP contribution in [0.1, 0.15) is 26.2 Å². The van der Waals surface area contributed by atoms with E-state index in [4.69, 9.17) is 18.3 Å². The SMILES string of the molecule is COC(OC)(C(C)CCCCNc1ccccc1)[Si](C)(OC)OC. The van der Waals surface area contributed by atoms with Crippen molar-refractivity contribution in [2.75, 3.05) is 40.3 Å². The van der Waals surface area contributed by atoms with Crippen molar-refractivity contribution in [3.63, 3.8) is 0 Å². The number of para-hydroxylation sites is 1. The minimum Gasteiger partial charge on any atom is -0.395 e. The first-order valence-electron chi connectivity index (χ1n) is 8.49. The summed E-state index contributed by atoms with van der Waals surface area (Å²) >= 11 is 0.